The second-order valence-electron chi connectivity index (χ2n) is 9.63. The van der Waals surface area contributed by atoms with E-state index in [1.165, 1.54) is 20.3 Å². The number of dihydropyridines is 1. The molecule has 1 aromatic rings. The predicted molar refractivity (Wildman–Crippen MR) is 128 cm³/mol. The van der Waals surface area contributed by atoms with E-state index < -0.39 is 23.8 Å². The topological polar surface area (TPSA) is 111 Å². The number of benzene rings is 1. The lowest BCUT2D eigenvalue weighted by Gasteiger charge is -2.38. The third kappa shape index (κ3) is 4.66. The standard InChI is InChI=1S/C27H33NO7/c1-14-12-18-24(25(30)21(14)26(31)34-4)23(16-10-11-19(29)20(13-16)33-3)22(15(2)28-18)27(32)35-17-8-6-5-7-9-17/h10-11,13-14,17,21,23,28-29H,5-9,12H2,1-4H3/t14-,21+,23+/m0/s1. The largest absolute Gasteiger partial charge is 0.504 e. The van der Waals surface area contributed by atoms with E-state index in [9.17, 15) is 19.5 Å². The number of hydrogen-bond donors (Lipinski definition) is 2. The summed E-state index contributed by atoms with van der Waals surface area (Å²) in [7, 11) is 2.71. The van der Waals surface area contributed by atoms with Crippen LogP contribution in [0.1, 0.15) is 63.9 Å². The Bertz CT molecular complexity index is 1100. The number of methoxy groups -OCH3 is 2. The lowest BCUT2D eigenvalue weighted by molar-refractivity contribution is -0.151. The molecule has 2 aliphatic carbocycles. The molecule has 0 bridgehead atoms. The first-order valence-corrected chi connectivity index (χ1v) is 12.2. The SMILES string of the molecule is COC(=O)[C@H]1C(=O)C2=C(C[C@@H]1C)NC(C)=C(C(=O)OC1CCCCC1)[C@H]2c1ccc(O)c(OC)c1. The summed E-state index contributed by atoms with van der Waals surface area (Å²) in [4.78, 5) is 39.9. The Balaban J connectivity index is 1.82. The molecule has 8 nitrogen and oxygen atoms in total. The van der Waals surface area contributed by atoms with Crippen LogP contribution in [0.15, 0.2) is 40.7 Å². The van der Waals surface area contributed by atoms with Crippen LogP contribution in [0.5, 0.6) is 11.5 Å². The number of carbonyl (C=O) groups excluding carboxylic acids is 3. The first-order valence-electron chi connectivity index (χ1n) is 12.2. The van der Waals surface area contributed by atoms with Crippen molar-refractivity contribution in [3.05, 3.63) is 46.3 Å². The van der Waals surface area contributed by atoms with Gasteiger partial charge in [-0.1, -0.05) is 19.4 Å². The molecule has 3 atom stereocenters. The minimum absolute atomic E-state index is 0.0533. The summed E-state index contributed by atoms with van der Waals surface area (Å²) in [5.74, 6) is -3.27. The Morgan fingerprint density at radius 3 is 2.49 bits per heavy atom. The Morgan fingerprint density at radius 2 is 1.83 bits per heavy atom. The number of esters is 2. The summed E-state index contributed by atoms with van der Waals surface area (Å²) < 4.78 is 16.2. The van der Waals surface area contributed by atoms with E-state index in [4.69, 9.17) is 14.2 Å². The Morgan fingerprint density at radius 1 is 1.11 bits per heavy atom. The molecule has 4 rings (SSSR count). The number of allylic oxidation sites excluding steroid dienone is 3. The summed E-state index contributed by atoms with van der Waals surface area (Å²) in [5, 5.41) is 13.4. The highest BCUT2D eigenvalue weighted by Crippen LogP contribution is 2.47. The first-order chi connectivity index (χ1) is 16.8. The zero-order valence-electron chi connectivity index (χ0n) is 20.7. The fourth-order valence-corrected chi connectivity index (χ4v) is 5.56. The lowest BCUT2D eigenvalue weighted by atomic mass is 9.69. The third-order valence-corrected chi connectivity index (χ3v) is 7.33. The average molecular weight is 484 g/mol. The molecule has 0 radical (unpaired) electrons. The molecule has 0 aromatic heterocycles. The smallest absolute Gasteiger partial charge is 0.337 e. The van der Waals surface area contributed by atoms with Crippen LogP contribution in [0.4, 0.5) is 0 Å². The number of phenols is 1. The van der Waals surface area contributed by atoms with Gasteiger partial charge in [-0.3, -0.25) is 9.59 Å². The molecule has 1 heterocycles. The monoisotopic (exact) mass is 483 g/mol. The van der Waals surface area contributed by atoms with E-state index in [1.54, 1.807) is 19.1 Å². The van der Waals surface area contributed by atoms with Gasteiger partial charge in [0.2, 0.25) is 0 Å². The molecule has 35 heavy (non-hydrogen) atoms. The quantitative estimate of drug-likeness (QED) is 0.479. The second-order valence-corrected chi connectivity index (χ2v) is 9.63. The number of Topliss-reactive ketones (excluding diaryl/α,β-unsaturated/α-hetero) is 1. The predicted octanol–water partition coefficient (Wildman–Crippen LogP) is 3.89. The molecule has 3 aliphatic rings. The summed E-state index contributed by atoms with van der Waals surface area (Å²) in [6.45, 7) is 3.64. The zero-order chi connectivity index (χ0) is 25.3. The van der Waals surface area contributed by atoms with Gasteiger partial charge >= 0.3 is 11.9 Å². The third-order valence-electron chi connectivity index (χ3n) is 7.33. The summed E-state index contributed by atoms with van der Waals surface area (Å²) >= 11 is 0. The molecule has 0 spiro atoms. The normalized spacial score (nSPS) is 25.0. The van der Waals surface area contributed by atoms with Gasteiger partial charge in [-0.15, -0.1) is 0 Å². The number of nitrogens with one attached hydrogen (secondary N) is 1. The minimum Gasteiger partial charge on any atom is -0.504 e. The molecule has 2 N–H and O–H groups in total. The first kappa shape index (κ1) is 24.8. The Hall–Kier alpha value is -3.29. The van der Waals surface area contributed by atoms with Crippen LogP contribution in [-0.2, 0) is 23.9 Å². The number of ketones is 1. The van der Waals surface area contributed by atoms with Gasteiger partial charge in [0.1, 0.15) is 12.0 Å². The van der Waals surface area contributed by atoms with Crippen LogP contribution >= 0.6 is 0 Å². The fourth-order valence-electron chi connectivity index (χ4n) is 5.56. The van der Waals surface area contributed by atoms with E-state index in [2.05, 4.69) is 5.32 Å². The molecule has 8 heteroatoms. The van der Waals surface area contributed by atoms with Gasteiger partial charge in [-0.05, 0) is 62.6 Å². The van der Waals surface area contributed by atoms with Gasteiger partial charge < -0.3 is 24.6 Å². The van der Waals surface area contributed by atoms with Crippen LogP contribution in [0.25, 0.3) is 0 Å². The second kappa shape index (κ2) is 10.1. The number of carbonyl (C=O) groups is 3. The lowest BCUT2D eigenvalue weighted by Crippen LogP contribution is -2.43. The Labute approximate surface area is 205 Å². The highest BCUT2D eigenvalue weighted by Gasteiger charge is 2.47. The molecular weight excluding hydrogens is 450 g/mol. The number of ether oxygens (including phenoxy) is 3. The van der Waals surface area contributed by atoms with Gasteiger partial charge in [0, 0.05) is 22.9 Å². The summed E-state index contributed by atoms with van der Waals surface area (Å²) in [5.41, 5.74) is 2.57. The number of hydrogen-bond acceptors (Lipinski definition) is 8. The maximum absolute atomic E-state index is 13.8. The molecule has 1 saturated carbocycles. The van der Waals surface area contributed by atoms with Gasteiger partial charge in [0.15, 0.2) is 17.3 Å². The van der Waals surface area contributed by atoms with E-state index >= 15 is 0 Å². The van der Waals surface area contributed by atoms with Crippen molar-refractivity contribution in [1.82, 2.24) is 5.32 Å². The molecule has 0 saturated heterocycles. The molecule has 1 fully saturated rings. The van der Waals surface area contributed by atoms with Gasteiger partial charge in [0.25, 0.3) is 0 Å². The van der Waals surface area contributed by atoms with Crippen molar-refractivity contribution in [2.45, 2.75) is 64.4 Å². The van der Waals surface area contributed by atoms with Crippen molar-refractivity contribution in [3.63, 3.8) is 0 Å². The van der Waals surface area contributed by atoms with E-state index in [-0.39, 0.29) is 29.3 Å². The van der Waals surface area contributed by atoms with E-state index in [1.807, 2.05) is 6.92 Å². The highest BCUT2D eigenvalue weighted by molar-refractivity contribution is 6.12. The molecule has 0 unspecified atom stereocenters. The summed E-state index contributed by atoms with van der Waals surface area (Å²) in [6.07, 6.45) is 5.08. The number of rotatable bonds is 5. The van der Waals surface area contributed by atoms with E-state index in [0.29, 0.717) is 34.5 Å². The fraction of sp³-hybridized carbons (Fsp3) is 0.519. The van der Waals surface area contributed by atoms with Crippen molar-refractivity contribution in [1.29, 1.82) is 0 Å². The molecular formula is C27H33NO7. The number of aromatic hydroxyl groups is 1. The average Bonchev–Trinajstić information content (AvgIpc) is 2.83. The van der Waals surface area contributed by atoms with E-state index in [0.717, 1.165) is 32.1 Å². The molecule has 188 valence electrons. The maximum Gasteiger partial charge on any atom is 0.337 e. The number of phenolic OH excluding ortho intramolecular Hbond substituents is 1. The molecule has 1 aliphatic heterocycles. The highest BCUT2D eigenvalue weighted by atomic mass is 16.5. The zero-order valence-corrected chi connectivity index (χ0v) is 20.7. The van der Waals surface area contributed by atoms with Crippen LogP contribution in [0.2, 0.25) is 0 Å². The maximum atomic E-state index is 13.8. The minimum atomic E-state index is -0.962. The van der Waals surface area contributed by atoms with Crippen LogP contribution in [0.3, 0.4) is 0 Å². The van der Waals surface area contributed by atoms with Crippen molar-refractivity contribution in [3.8, 4) is 11.5 Å². The Kier molecular flexibility index (Phi) is 7.19. The summed E-state index contributed by atoms with van der Waals surface area (Å²) in [6, 6.07) is 4.76. The van der Waals surface area contributed by atoms with Gasteiger partial charge in [0.05, 0.1) is 19.8 Å². The van der Waals surface area contributed by atoms with Crippen LogP contribution in [0, 0.1) is 11.8 Å². The molecule has 0 amide bonds. The van der Waals surface area contributed by atoms with Crippen LogP contribution < -0.4 is 10.1 Å². The van der Waals surface area contributed by atoms with Crippen molar-refractivity contribution < 1.29 is 33.7 Å². The van der Waals surface area contributed by atoms with Gasteiger partial charge in [-0.2, -0.15) is 0 Å². The van der Waals surface area contributed by atoms with Crippen molar-refractivity contribution >= 4 is 17.7 Å². The van der Waals surface area contributed by atoms with Gasteiger partial charge in [-0.25, -0.2) is 4.79 Å². The molecule has 1 aromatic carbocycles. The van der Waals surface area contributed by atoms with Crippen molar-refractivity contribution in [2.24, 2.45) is 11.8 Å². The van der Waals surface area contributed by atoms with Crippen LogP contribution in [-0.4, -0.2) is 43.2 Å². The van der Waals surface area contributed by atoms with Crippen molar-refractivity contribution in [2.75, 3.05) is 14.2 Å².